The molecule has 0 heterocycles. The second kappa shape index (κ2) is 6.14. The molecule has 0 radical (unpaired) electrons. The summed E-state index contributed by atoms with van der Waals surface area (Å²) in [5.74, 6) is -0.825. The van der Waals surface area contributed by atoms with Crippen LogP contribution in [0.4, 0.5) is 14.5 Å². The molecule has 1 aliphatic rings. The van der Waals surface area contributed by atoms with Gasteiger partial charge in [-0.1, -0.05) is 40.2 Å². The average Bonchev–Trinajstić information content (AvgIpc) is 2.46. The Hall–Kier alpha value is -1.42. The zero-order chi connectivity index (χ0) is 14.8. The monoisotopic (exact) mass is 351 g/mol. The van der Waals surface area contributed by atoms with Crippen LogP contribution in [0.2, 0.25) is 0 Å². The molecule has 0 aromatic heterocycles. The second-order valence-corrected chi connectivity index (χ2v) is 6.33. The predicted molar refractivity (Wildman–Crippen MR) is 84.7 cm³/mol. The number of halogens is 3. The zero-order valence-corrected chi connectivity index (χ0v) is 13.1. The third-order valence-corrected chi connectivity index (χ3v) is 4.48. The fourth-order valence-electron chi connectivity index (χ4n) is 3.00. The molecule has 1 nitrogen and oxygen atoms in total. The number of hydrogen-bond acceptors (Lipinski definition) is 1. The van der Waals surface area contributed by atoms with Crippen molar-refractivity contribution < 1.29 is 8.78 Å². The van der Waals surface area contributed by atoms with Crippen LogP contribution >= 0.6 is 15.9 Å². The number of fused-ring (bicyclic) bond motifs is 1. The maximum absolute atomic E-state index is 13.8. The topological polar surface area (TPSA) is 12.0 Å². The number of benzene rings is 2. The Kier molecular flexibility index (Phi) is 4.24. The zero-order valence-electron chi connectivity index (χ0n) is 11.5. The van der Waals surface area contributed by atoms with Gasteiger partial charge in [-0.25, -0.2) is 8.78 Å². The second-order valence-electron chi connectivity index (χ2n) is 5.41. The van der Waals surface area contributed by atoms with Crippen molar-refractivity contribution in [2.75, 3.05) is 11.9 Å². The van der Waals surface area contributed by atoms with Gasteiger partial charge in [-0.05, 0) is 42.5 Å². The summed E-state index contributed by atoms with van der Waals surface area (Å²) >= 11 is 3.09. The van der Waals surface area contributed by atoms with Crippen molar-refractivity contribution >= 4 is 21.6 Å². The minimum atomic E-state index is -0.564. The normalized spacial score (nSPS) is 17.4. The Morgan fingerprint density at radius 3 is 2.62 bits per heavy atom. The van der Waals surface area contributed by atoms with E-state index < -0.39 is 11.6 Å². The number of aryl methyl sites for hydroxylation is 1. The van der Waals surface area contributed by atoms with Gasteiger partial charge in [-0.2, -0.15) is 0 Å². The lowest BCUT2D eigenvalue weighted by atomic mass is 9.83. The summed E-state index contributed by atoms with van der Waals surface area (Å²) in [7, 11) is 0. The van der Waals surface area contributed by atoms with Gasteiger partial charge in [0.2, 0.25) is 0 Å². The quantitative estimate of drug-likeness (QED) is 0.795. The van der Waals surface area contributed by atoms with E-state index in [4.69, 9.17) is 0 Å². The summed E-state index contributed by atoms with van der Waals surface area (Å²) in [6, 6.07) is 10.9. The molecule has 0 amide bonds. The third-order valence-electron chi connectivity index (χ3n) is 4.03. The standard InChI is InChI=1S/C17H16BrF2N/c18-13-8-15(19)17(16(20)9-13)21-10-12-6-3-5-11-4-1-2-7-14(11)12/h1-2,4,7-9,12,21H,3,5-6,10H2. The van der Waals surface area contributed by atoms with Gasteiger partial charge in [0.1, 0.15) is 17.3 Å². The maximum atomic E-state index is 13.8. The van der Waals surface area contributed by atoms with Gasteiger partial charge in [0.25, 0.3) is 0 Å². The predicted octanol–water partition coefficient (Wildman–Crippen LogP) is 5.26. The Bertz CT molecular complexity index is 634. The molecule has 2 aromatic rings. The lowest BCUT2D eigenvalue weighted by molar-refractivity contribution is 0.558. The Morgan fingerprint density at radius 2 is 1.86 bits per heavy atom. The molecule has 4 heteroatoms. The van der Waals surface area contributed by atoms with Gasteiger partial charge >= 0.3 is 0 Å². The first-order valence-electron chi connectivity index (χ1n) is 7.11. The highest BCUT2D eigenvalue weighted by Gasteiger charge is 2.20. The number of anilines is 1. The first-order chi connectivity index (χ1) is 10.1. The van der Waals surface area contributed by atoms with Gasteiger partial charge in [-0.3, -0.25) is 0 Å². The van der Waals surface area contributed by atoms with Crippen LogP contribution in [0.15, 0.2) is 40.9 Å². The van der Waals surface area contributed by atoms with Crippen LogP contribution in [0.1, 0.15) is 29.9 Å². The summed E-state index contributed by atoms with van der Waals surface area (Å²) in [5, 5.41) is 2.95. The Morgan fingerprint density at radius 1 is 1.14 bits per heavy atom. The van der Waals surface area contributed by atoms with Crippen molar-refractivity contribution in [2.45, 2.75) is 25.2 Å². The van der Waals surface area contributed by atoms with E-state index in [1.807, 2.05) is 12.1 Å². The number of hydrogen-bond donors (Lipinski definition) is 1. The van der Waals surface area contributed by atoms with Gasteiger partial charge in [-0.15, -0.1) is 0 Å². The van der Waals surface area contributed by atoms with Crippen molar-refractivity contribution in [3.8, 4) is 0 Å². The molecule has 0 spiro atoms. The highest BCUT2D eigenvalue weighted by Crippen LogP contribution is 2.32. The molecule has 3 rings (SSSR count). The van der Waals surface area contributed by atoms with Gasteiger partial charge < -0.3 is 5.32 Å². The van der Waals surface area contributed by atoms with Crippen molar-refractivity contribution in [3.63, 3.8) is 0 Å². The summed E-state index contributed by atoms with van der Waals surface area (Å²) < 4.78 is 28.1. The van der Waals surface area contributed by atoms with Crippen LogP contribution in [0.5, 0.6) is 0 Å². The highest BCUT2D eigenvalue weighted by atomic mass is 79.9. The fraction of sp³-hybridized carbons (Fsp3) is 0.294. The molecule has 21 heavy (non-hydrogen) atoms. The number of rotatable bonds is 3. The first-order valence-corrected chi connectivity index (χ1v) is 7.90. The van der Waals surface area contributed by atoms with E-state index in [1.54, 1.807) is 0 Å². The molecule has 0 fully saturated rings. The van der Waals surface area contributed by atoms with Crippen LogP contribution in [0, 0.1) is 11.6 Å². The van der Waals surface area contributed by atoms with Crippen LogP contribution < -0.4 is 5.32 Å². The van der Waals surface area contributed by atoms with E-state index in [-0.39, 0.29) is 5.69 Å². The molecule has 0 bridgehead atoms. The van der Waals surface area contributed by atoms with Crippen molar-refractivity contribution in [1.82, 2.24) is 0 Å². The summed E-state index contributed by atoms with van der Waals surface area (Å²) in [6.07, 6.45) is 3.26. The average molecular weight is 352 g/mol. The molecular weight excluding hydrogens is 336 g/mol. The summed E-state index contributed by atoms with van der Waals surface area (Å²) in [6.45, 7) is 0.548. The highest BCUT2D eigenvalue weighted by molar-refractivity contribution is 9.10. The van der Waals surface area contributed by atoms with E-state index in [1.165, 1.54) is 23.3 Å². The Balaban J connectivity index is 1.78. The van der Waals surface area contributed by atoms with Crippen LogP contribution in [-0.4, -0.2) is 6.54 Å². The lowest BCUT2D eigenvalue weighted by Crippen LogP contribution is -2.19. The summed E-state index contributed by atoms with van der Waals surface area (Å²) in [5.41, 5.74) is 2.61. The van der Waals surface area contributed by atoms with E-state index in [9.17, 15) is 8.78 Å². The van der Waals surface area contributed by atoms with Crippen LogP contribution in [-0.2, 0) is 6.42 Å². The summed E-state index contributed by atoms with van der Waals surface area (Å²) in [4.78, 5) is 0. The molecule has 0 saturated carbocycles. The van der Waals surface area contributed by atoms with Crippen molar-refractivity contribution in [2.24, 2.45) is 0 Å². The van der Waals surface area contributed by atoms with E-state index >= 15 is 0 Å². The van der Waals surface area contributed by atoms with Crippen molar-refractivity contribution in [3.05, 3.63) is 63.6 Å². The molecule has 1 N–H and O–H groups in total. The third kappa shape index (κ3) is 3.10. The molecule has 2 aromatic carbocycles. The van der Waals surface area contributed by atoms with Gasteiger partial charge in [0.15, 0.2) is 0 Å². The van der Waals surface area contributed by atoms with Crippen LogP contribution in [0.3, 0.4) is 0 Å². The van der Waals surface area contributed by atoms with E-state index in [0.29, 0.717) is 16.9 Å². The minimum Gasteiger partial charge on any atom is -0.380 e. The van der Waals surface area contributed by atoms with Gasteiger partial charge in [0, 0.05) is 16.9 Å². The first kappa shape index (κ1) is 14.5. The molecule has 1 aliphatic carbocycles. The fourth-order valence-corrected chi connectivity index (χ4v) is 3.40. The minimum absolute atomic E-state index is 0.0405. The largest absolute Gasteiger partial charge is 0.380 e. The molecular formula is C17H16BrF2N. The number of nitrogens with one attached hydrogen (secondary N) is 1. The Labute approximate surface area is 131 Å². The molecule has 1 atom stereocenters. The maximum Gasteiger partial charge on any atom is 0.150 e. The molecule has 0 aliphatic heterocycles. The smallest absolute Gasteiger partial charge is 0.150 e. The molecule has 110 valence electrons. The SMILES string of the molecule is Fc1cc(Br)cc(F)c1NCC1CCCc2ccccc21. The van der Waals surface area contributed by atoms with E-state index in [2.05, 4.69) is 33.4 Å². The van der Waals surface area contributed by atoms with E-state index in [0.717, 1.165) is 19.3 Å². The molecule has 0 saturated heterocycles. The van der Waals surface area contributed by atoms with Crippen LogP contribution in [0.25, 0.3) is 0 Å². The lowest BCUT2D eigenvalue weighted by Gasteiger charge is -2.26. The van der Waals surface area contributed by atoms with Gasteiger partial charge in [0.05, 0.1) is 0 Å². The van der Waals surface area contributed by atoms with Crippen molar-refractivity contribution in [1.29, 1.82) is 0 Å². The molecule has 1 unspecified atom stereocenters.